The third kappa shape index (κ3) is 9.08. The SMILES string of the molecule is CN=C(N)S[C@](C)(Cc1cc(NC(=O)c2cnc(OCC(F)(F)F)cn2)ccc1F)C(=O)NC(C)C(F)F. The van der Waals surface area contributed by atoms with Crippen LogP contribution in [0.1, 0.15) is 29.9 Å². The van der Waals surface area contributed by atoms with Gasteiger partial charge in [0.25, 0.3) is 12.3 Å². The molecule has 0 saturated heterocycles. The molecule has 1 unspecified atom stereocenters. The van der Waals surface area contributed by atoms with Crippen molar-refractivity contribution < 1.29 is 40.7 Å². The molecule has 1 heterocycles. The Bertz CT molecular complexity index is 1170. The van der Waals surface area contributed by atoms with Gasteiger partial charge in [0.2, 0.25) is 11.8 Å². The number of rotatable bonds is 10. The van der Waals surface area contributed by atoms with E-state index in [1.165, 1.54) is 26.1 Å². The maximum Gasteiger partial charge on any atom is 0.422 e. The molecule has 2 aromatic rings. The monoisotopic (exact) mass is 566 g/mol. The summed E-state index contributed by atoms with van der Waals surface area (Å²) in [5, 5.41) is 4.57. The molecule has 0 aliphatic carbocycles. The number of carbonyl (C=O) groups is 2. The van der Waals surface area contributed by atoms with Gasteiger partial charge in [-0.3, -0.25) is 14.6 Å². The van der Waals surface area contributed by atoms with Gasteiger partial charge in [-0.1, -0.05) is 11.8 Å². The van der Waals surface area contributed by atoms with E-state index in [4.69, 9.17) is 5.73 Å². The number of amidine groups is 1. The van der Waals surface area contributed by atoms with Crippen LogP contribution in [0.3, 0.4) is 0 Å². The molecule has 0 saturated carbocycles. The number of aliphatic imine (C=N–C) groups is 1. The number of nitrogens with zero attached hydrogens (tertiary/aromatic N) is 3. The Morgan fingerprint density at radius 1 is 1.21 bits per heavy atom. The zero-order chi connectivity index (χ0) is 28.7. The number of hydrogen-bond donors (Lipinski definition) is 3. The van der Waals surface area contributed by atoms with Gasteiger partial charge in [0.05, 0.1) is 18.4 Å². The summed E-state index contributed by atoms with van der Waals surface area (Å²) < 4.78 is 80.2. The largest absolute Gasteiger partial charge is 0.467 e. The topological polar surface area (TPSA) is 132 Å². The number of carbonyl (C=O) groups excluding carboxylic acids is 2. The number of alkyl halides is 5. The van der Waals surface area contributed by atoms with Crippen LogP contribution in [0.15, 0.2) is 35.6 Å². The fraction of sp³-hybridized carbons (Fsp3) is 0.409. The van der Waals surface area contributed by atoms with Crippen molar-refractivity contribution in [2.45, 2.75) is 43.7 Å². The molecule has 9 nitrogen and oxygen atoms in total. The first kappa shape index (κ1) is 30.7. The molecule has 2 rings (SSSR count). The average molecular weight is 567 g/mol. The zero-order valence-corrected chi connectivity index (χ0v) is 21.1. The minimum atomic E-state index is -4.58. The van der Waals surface area contributed by atoms with Crippen molar-refractivity contribution in [3.05, 3.63) is 47.7 Å². The molecule has 0 fully saturated rings. The highest BCUT2D eigenvalue weighted by molar-refractivity contribution is 8.15. The molecule has 0 radical (unpaired) electrons. The van der Waals surface area contributed by atoms with E-state index >= 15 is 0 Å². The van der Waals surface area contributed by atoms with Gasteiger partial charge in [-0.2, -0.15) is 13.2 Å². The normalized spacial score (nSPS) is 14.5. The van der Waals surface area contributed by atoms with Crippen molar-refractivity contribution in [2.24, 2.45) is 10.7 Å². The molecule has 2 atom stereocenters. The fourth-order valence-corrected chi connectivity index (χ4v) is 3.80. The summed E-state index contributed by atoms with van der Waals surface area (Å²) in [6.07, 6.45) is -6.02. The van der Waals surface area contributed by atoms with E-state index in [1.54, 1.807) is 0 Å². The average Bonchev–Trinajstić information content (AvgIpc) is 2.84. The Kier molecular flexibility index (Phi) is 10.3. The van der Waals surface area contributed by atoms with Gasteiger partial charge in [-0.15, -0.1) is 0 Å². The van der Waals surface area contributed by atoms with Gasteiger partial charge in [0.15, 0.2) is 11.8 Å². The minimum absolute atomic E-state index is 0.0431. The molecule has 0 spiro atoms. The minimum Gasteiger partial charge on any atom is -0.467 e. The number of nitrogens with two attached hydrogens (primary N) is 1. The van der Waals surface area contributed by atoms with Crippen LogP contribution in [0.4, 0.5) is 32.0 Å². The fourth-order valence-electron chi connectivity index (χ4n) is 2.87. The van der Waals surface area contributed by atoms with Crippen LogP contribution >= 0.6 is 11.8 Å². The van der Waals surface area contributed by atoms with E-state index in [1.807, 2.05) is 0 Å². The number of benzene rings is 1. The zero-order valence-electron chi connectivity index (χ0n) is 20.3. The van der Waals surface area contributed by atoms with Gasteiger partial charge >= 0.3 is 6.18 Å². The molecule has 16 heteroatoms. The van der Waals surface area contributed by atoms with Crippen molar-refractivity contribution in [1.82, 2.24) is 15.3 Å². The Labute approximate surface area is 217 Å². The van der Waals surface area contributed by atoms with Crippen molar-refractivity contribution in [2.75, 3.05) is 19.0 Å². The van der Waals surface area contributed by atoms with E-state index in [9.17, 15) is 35.9 Å². The van der Waals surface area contributed by atoms with Gasteiger partial charge in [0, 0.05) is 12.7 Å². The van der Waals surface area contributed by atoms with Gasteiger partial charge in [-0.25, -0.2) is 23.1 Å². The van der Waals surface area contributed by atoms with Crippen molar-refractivity contribution in [3.63, 3.8) is 0 Å². The van der Waals surface area contributed by atoms with E-state index in [0.29, 0.717) is 0 Å². The van der Waals surface area contributed by atoms with E-state index < -0.39 is 53.5 Å². The van der Waals surface area contributed by atoms with Crippen LogP contribution in [0, 0.1) is 5.82 Å². The quantitative estimate of drug-likeness (QED) is 0.228. The summed E-state index contributed by atoms with van der Waals surface area (Å²) in [6, 6.07) is 1.98. The standard InChI is InChI=1S/C22H24F6N6O3S/c1-11(17(24)25)33-19(36)21(2,38-20(29)30-3)7-12-6-13(4-5-14(12)23)34-18(35)15-8-32-16(9-31-15)37-10-22(26,27)28/h4-6,8-9,11,17H,7,10H2,1-3H3,(H2,29,30)(H,33,36)(H,34,35)/t11?,21-/m1/s1. The molecular formula is C22H24F6N6O3S. The Hall–Kier alpha value is -3.56. The van der Waals surface area contributed by atoms with Gasteiger partial charge in [-0.05, 0) is 44.0 Å². The second-order valence-corrected chi connectivity index (χ2v) is 9.60. The molecular weight excluding hydrogens is 542 g/mol. The first-order valence-electron chi connectivity index (χ1n) is 10.8. The summed E-state index contributed by atoms with van der Waals surface area (Å²) in [5.74, 6) is -2.85. The van der Waals surface area contributed by atoms with Crippen LogP contribution in [0.2, 0.25) is 0 Å². The molecule has 2 amide bonds. The lowest BCUT2D eigenvalue weighted by Gasteiger charge is -2.29. The number of hydrogen-bond acceptors (Lipinski definition) is 7. The number of thioether (sulfide) groups is 1. The molecule has 1 aromatic carbocycles. The number of halogens is 6. The number of ether oxygens (including phenoxy) is 1. The second-order valence-electron chi connectivity index (χ2n) is 8.07. The highest BCUT2D eigenvalue weighted by Gasteiger charge is 2.38. The van der Waals surface area contributed by atoms with Gasteiger partial charge < -0.3 is 21.1 Å². The lowest BCUT2D eigenvalue weighted by molar-refractivity contribution is -0.154. The lowest BCUT2D eigenvalue weighted by atomic mass is 9.98. The summed E-state index contributed by atoms with van der Waals surface area (Å²) in [6.45, 7) is 0.906. The molecule has 0 bridgehead atoms. The predicted octanol–water partition coefficient (Wildman–Crippen LogP) is 3.56. The first-order valence-corrected chi connectivity index (χ1v) is 11.6. The summed E-state index contributed by atoms with van der Waals surface area (Å²) in [4.78, 5) is 36.4. The van der Waals surface area contributed by atoms with E-state index in [0.717, 1.165) is 37.1 Å². The predicted molar refractivity (Wildman–Crippen MR) is 129 cm³/mol. The Morgan fingerprint density at radius 2 is 1.89 bits per heavy atom. The van der Waals surface area contributed by atoms with Gasteiger partial charge in [0.1, 0.15) is 16.3 Å². The Balaban J connectivity index is 2.22. The van der Waals surface area contributed by atoms with Crippen LogP contribution in [0.5, 0.6) is 5.88 Å². The molecule has 0 aliphatic rings. The third-order valence-corrected chi connectivity index (χ3v) is 6.02. The summed E-state index contributed by atoms with van der Waals surface area (Å²) in [5.41, 5.74) is 5.50. The highest BCUT2D eigenvalue weighted by Crippen LogP contribution is 2.32. The maximum atomic E-state index is 14.7. The van der Waals surface area contributed by atoms with Crippen molar-refractivity contribution in [1.29, 1.82) is 0 Å². The lowest BCUT2D eigenvalue weighted by Crippen LogP contribution is -2.50. The third-order valence-electron chi connectivity index (χ3n) is 4.84. The molecule has 4 N–H and O–H groups in total. The number of amides is 2. The van der Waals surface area contributed by atoms with Crippen LogP contribution in [-0.4, -0.2) is 64.0 Å². The molecule has 0 aliphatic heterocycles. The second kappa shape index (κ2) is 12.8. The van der Waals surface area contributed by atoms with Crippen molar-refractivity contribution in [3.8, 4) is 5.88 Å². The number of anilines is 1. The maximum absolute atomic E-state index is 14.7. The molecule has 208 valence electrons. The van der Waals surface area contributed by atoms with Crippen LogP contribution < -0.4 is 21.1 Å². The number of aromatic nitrogens is 2. The van der Waals surface area contributed by atoms with E-state index in [2.05, 4.69) is 30.3 Å². The van der Waals surface area contributed by atoms with Crippen LogP contribution in [0.25, 0.3) is 0 Å². The molecule has 1 aromatic heterocycles. The summed E-state index contributed by atoms with van der Waals surface area (Å²) >= 11 is 0.752. The van der Waals surface area contributed by atoms with Crippen LogP contribution in [-0.2, 0) is 11.2 Å². The van der Waals surface area contributed by atoms with E-state index in [-0.39, 0.29) is 28.5 Å². The molecule has 38 heavy (non-hydrogen) atoms. The Morgan fingerprint density at radius 3 is 2.45 bits per heavy atom. The smallest absolute Gasteiger partial charge is 0.422 e. The highest BCUT2D eigenvalue weighted by atomic mass is 32.2. The summed E-state index contributed by atoms with van der Waals surface area (Å²) in [7, 11) is 1.36. The first-order chi connectivity index (χ1) is 17.6. The number of nitrogens with one attached hydrogen (secondary N) is 2. The van der Waals surface area contributed by atoms with Crippen molar-refractivity contribution >= 4 is 34.4 Å².